The molecule has 1 unspecified atom stereocenters. The van der Waals surface area contributed by atoms with Crippen LogP contribution in [-0.4, -0.2) is 5.60 Å². The fourth-order valence-corrected chi connectivity index (χ4v) is 2.77. The molecule has 0 aromatic heterocycles. The molecule has 0 fully saturated rings. The first-order chi connectivity index (χ1) is 9.84. The van der Waals surface area contributed by atoms with Crippen LogP contribution in [0.25, 0.3) is 0 Å². The molecule has 2 nitrogen and oxygen atoms in total. The molecule has 1 aliphatic heterocycles. The van der Waals surface area contributed by atoms with Gasteiger partial charge in [-0.15, -0.1) is 0 Å². The molecule has 0 radical (unpaired) electrons. The lowest BCUT2D eigenvalue weighted by Gasteiger charge is -2.16. The Kier molecular flexibility index (Phi) is 3.21. The molecule has 0 bridgehead atoms. The number of fused-ring (bicyclic) bond motifs is 1. The molecule has 21 heavy (non-hydrogen) atoms. The van der Waals surface area contributed by atoms with E-state index in [-0.39, 0.29) is 5.60 Å². The zero-order valence-corrected chi connectivity index (χ0v) is 12.0. The molecule has 0 amide bonds. The first-order valence-electron chi connectivity index (χ1n) is 6.87. The summed E-state index contributed by atoms with van der Waals surface area (Å²) in [6, 6.07) is 8.47. The van der Waals surface area contributed by atoms with E-state index in [1.807, 2.05) is 32.0 Å². The van der Waals surface area contributed by atoms with E-state index in [1.54, 1.807) is 0 Å². The lowest BCUT2D eigenvalue weighted by molar-refractivity contribution is 0.138. The topological polar surface area (TPSA) is 35.2 Å². The van der Waals surface area contributed by atoms with E-state index in [4.69, 9.17) is 10.5 Å². The predicted molar refractivity (Wildman–Crippen MR) is 77.2 cm³/mol. The van der Waals surface area contributed by atoms with Crippen molar-refractivity contribution >= 4 is 0 Å². The molecular weight excluding hydrogens is 272 g/mol. The zero-order chi connectivity index (χ0) is 15.2. The van der Waals surface area contributed by atoms with Crippen LogP contribution in [-0.2, 0) is 6.42 Å². The molecule has 110 valence electrons. The maximum Gasteiger partial charge on any atom is 0.126 e. The van der Waals surface area contributed by atoms with Crippen LogP contribution in [0.5, 0.6) is 5.75 Å². The zero-order valence-electron chi connectivity index (χ0n) is 12.0. The standard InChI is InChI=1S/C17H17F2NO/c1-17(2)9-12-5-10(3-4-15(12)21-17)16(20)11-6-13(18)8-14(19)7-11/h3-8,16H,9,20H2,1-2H3. The average molecular weight is 289 g/mol. The highest BCUT2D eigenvalue weighted by atomic mass is 19.1. The Morgan fingerprint density at radius 2 is 1.71 bits per heavy atom. The quantitative estimate of drug-likeness (QED) is 0.914. The van der Waals surface area contributed by atoms with Crippen LogP contribution in [0.3, 0.4) is 0 Å². The number of nitrogens with two attached hydrogens (primary N) is 1. The van der Waals surface area contributed by atoms with Gasteiger partial charge in [0.05, 0.1) is 6.04 Å². The summed E-state index contributed by atoms with van der Waals surface area (Å²) >= 11 is 0. The van der Waals surface area contributed by atoms with Crippen molar-refractivity contribution in [3.8, 4) is 5.75 Å². The number of benzene rings is 2. The second kappa shape index (κ2) is 4.81. The molecule has 0 saturated carbocycles. The van der Waals surface area contributed by atoms with Crippen LogP contribution >= 0.6 is 0 Å². The first kappa shape index (κ1) is 14.0. The van der Waals surface area contributed by atoms with Crippen LogP contribution in [0.1, 0.15) is 36.6 Å². The molecule has 4 heteroatoms. The van der Waals surface area contributed by atoms with Crippen molar-refractivity contribution in [1.29, 1.82) is 0 Å². The van der Waals surface area contributed by atoms with Crippen molar-refractivity contribution in [2.24, 2.45) is 5.73 Å². The van der Waals surface area contributed by atoms with Gasteiger partial charge >= 0.3 is 0 Å². The molecule has 2 aromatic carbocycles. The van der Waals surface area contributed by atoms with Crippen molar-refractivity contribution in [2.75, 3.05) is 0 Å². The van der Waals surface area contributed by atoms with Crippen molar-refractivity contribution in [3.05, 3.63) is 64.7 Å². The summed E-state index contributed by atoms with van der Waals surface area (Å²) in [5.41, 5.74) is 8.23. The van der Waals surface area contributed by atoms with Crippen LogP contribution in [0.2, 0.25) is 0 Å². The van der Waals surface area contributed by atoms with Crippen molar-refractivity contribution in [1.82, 2.24) is 0 Å². The van der Waals surface area contributed by atoms with Crippen molar-refractivity contribution < 1.29 is 13.5 Å². The predicted octanol–water partition coefficient (Wildman–Crippen LogP) is 3.73. The van der Waals surface area contributed by atoms with E-state index in [2.05, 4.69) is 0 Å². The van der Waals surface area contributed by atoms with Gasteiger partial charge in [0.25, 0.3) is 0 Å². The second-order valence-electron chi connectivity index (χ2n) is 6.09. The highest BCUT2D eigenvalue weighted by Gasteiger charge is 2.30. The summed E-state index contributed by atoms with van der Waals surface area (Å²) in [6.45, 7) is 4.04. The first-order valence-corrected chi connectivity index (χ1v) is 6.87. The third-order valence-corrected chi connectivity index (χ3v) is 3.69. The van der Waals surface area contributed by atoms with Crippen LogP contribution in [0.15, 0.2) is 36.4 Å². The van der Waals surface area contributed by atoms with Gasteiger partial charge in [0.15, 0.2) is 0 Å². The SMILES string of the molecule is CC1(C)Cc2cc(C(N)c3cc(F)cc(F)c3)ccc2O1. The Balaban J connectivity index is 1.95. The van der Waals surface area contributed by atoms with Crippen LogP contribution in [0.4, 0.5) is 8.78 Å². The van der Waals surface area contributed by atoms with Gasteiger partial charge in [0.2, 0.25) is 0 Å². The van der Waals surface area contributed by atoms with Gasteiger partial charge in [-0.1, -0.05) is 12.1 Å². The molecule has 2 N–H and O–H groups in total. The van der Waals surface area contributed by atoms with E-state index >= 15 is 0 Å². The molecule has 1 heterocycles. The van der Waals surface area contributed by atoms with Gasteiger partial charge in [-0.25, -0.2) is 8.78 Å². The minimum Gasteiger partial charge on any atom is -0.487 e. The smallest absolute Gasteiger partial charge is 0.126 e. The van der Waals surface area contributed by atoms with Crippen LogP contribution < -0.4 is 10.5 Å². The molecule has 1 aliphatic rings. The maximum atomic E-state index is 13.3. The summed E-state index contributed by atoms with van der Waals surface area (Å²) in [7, 11) is 0. The molecule has 0 aliphatic carbocycles. The van der Waals surface area contributed by atoms with Gasteiger partial charge in [0.1, 0.15) is 23.0 Å². The minimum absolute atomic E-state index is 0.226. The monoisotopic (exact) mass is 289 g/mol. The van der Waals surface area contributed by atoms with E-state index in [0.29, 0.717) is 5.56 Å². The van der Waals surface area contributed by atoms with Gasteiger partial charge in [-0.05, 0) is 48.7 Å². The summed E-state index contributed by atoms with van der Waals surface area (Å²) in [5, 5.41) is 0. The van der Waals surface area contributed by atoms with E-state index in [0.717, 1.165) is 29.4 Å². The third kappa shape index (κ3) is 2.76. The molecule has 0 spiro atoms. The molecular formula is C17H17F2NO. The fourth-order valence-electron chi connectivity index (χ4n) is 2.77. The molecule has 0 saturated heterocycles. The lowest BCUT2D eigenvalue weighted by Crippen LogP contribution is -2.24. The van der Waals surface area contributed by atoms with Gasteiger partial charge in [-0.3, -0.25) is 0 Å². The third-order valence-electron chi connectivity index (χ3n) is 3.69. The number of rotatable bonds is 2. The Hall–Kier alpha value is -1.94. The van der Waals surface area contributed by atoms with E-state index in [9.17, 15) is 8.78 Å². The molecule has 2 aromatic rings. The Labute approximate surface area is 122 Å². The maximum absolute atomic E-state index is 13.3. The molecule has 3 rings (SSSR count). The Bertz CT molecular complexity index is 677. The largest absolute Gasteiger partial charge is 0.487 e. The van der Waals surface area contributed by atoms with E-state index < -0.39 is 17.7 Å². The minimum atomic E-state index is -0.619. The summed E-state index contributed by atoms with van der Waals surface area (Å²) in [5.74, 6) is -0.390. The Morgan fingerprint density at radius 1 is 1.05 bits per heavy atom. The van der Waals surface area contributed by atoms with Crippen molar-refractivity contribution in [2.45, 2.75) is 31.9 Å². The van der Waals surface area contributed by atoms with Crippen molar-refractivity contribution in [3.63, 3.8) is 0 Å². The number of hydrogen-bond donors (Lipinski definition) is 1. The average Bonchev–Trinajstić information content (AvgIpc) is 2.69. The van der Waals surface area contributed by atoms with Gasteiger partial charge < -0.3 is 10.5 Å². The number of halogens is 2. The number of ether oxygens (including phenoxy) is 1. The lowest BCUT2D eigenvalue weighted by atomic mass is 9.95. The number of hydrogen-bond acceptors (Lipinski definition) is 2. The summed E-state index contributed by atoms with van der Waals surface area (Å²) in [4.78, 5) is 0. The Morgan fingerprint density at radius 3 is 2.38 bits per heavy atom. The normalized spacial score (nSPS) is 17.2. The highest BCUT2D eigenvalue weighted by Crippen LogP contribution is 2.36. The fraction of sp³-hybridized carbons (Fsp3) is 0.294. The van der Waals surface area contributed by atoms with Crippen LogP contribution in [0, 0.1) is 11.6 Å². The van der Waals surface area contributed by atoms with Gasteiger partial charge in [0, 0.05) is 12.5 Å². The second-order valence-corrected chi connectivity index (χ2v) is 6.09. The van der Waals surface area contributed by atoms with Gasteiger partial charge in [-0.2, -0.15) is 0 Å². The van der Waals surface area contributed by atoms with E-state index in [1.165, 1.54) is 12.1 Å². The highest BCUT2D eigenvalue weighted by molar-refractivity contribution is 5.44. The summed E-state index contributed by atoms with van der Waals surface area (Å²) in [6.07, 6.45) is 0.792. The summed E-state index contributed by atoms with van der Waals surface area (Å²) < 4.78 is 32.4. The molecule has 1 atom stereocenters.